The summed E-state index contributed by atoms with van der Waals surface area (Å²) < 4.78 is 59.6. The molecule has 2 aliphatic rings. The minimum Gasteiger partial charge on any atom is -0.487 e. The van der Waals surface area contributed by atoms with Crippen molar-refractivity contribution in [3.05, 3.63) is 29.8 Å². The Bertz CT molecular complexity index is 1050. The molecule has 8 nitrogen and oxygen atoms in total. The molecule has 31 heavy (non-hydrogen) atoms. The summed E-state index contributed by atoms with van der Waals surface area (Å²) in [5.74, 6) is -0.0885. The first-order valence-corrected chi connectivity index (χ1v) is 13.8. The molecular weight excluding hydrogens is 440 g/mol. The summed E-state index contributed by atoms with van der Waals surface area (Å²) in [6.45, 7) is 3.37. The van der Waals surface area contributed by atoms with Gasteiger partial charge in [-0.15, -0.1) is 0 Å². The molecule has 0 aromatic heterocycles. The van der Waals surface area contributed by atoms with Gasteiger partial charge < -0.3 is 9.84 Å². The van der Waals surface area contributed by atoms with Crippen molar-refractivity contribution < 1.29 is 26.7 Å². The molecule has 0 amide bonds. The van der Waals surface area contributed by atoms with Crippen molar-refractivity contribution in [2.24, 2.45) is 5.92 Å². The van der Waals surface area contributed by atoms with Crippen LogP contribution in [-0.2, 0) is 20.0 Å². The van der Waals surface area contributed by atoms with Crippen LogP contribution in [0, 0.1) is 5.92 Å². The highest BCUT2D eigenvalue weighted by Crippen LogP contribution is 2.37. The van der Waals surface area contributed by atoms with Gasteiger partial charge >= 0.3 is 0 Å². The fraction of sp³-hybridized carbons (Fsp3) is 0.619. The van der Waals surface area contributed by atoms with Crippen LogP contribution in [0.5, 0.6) is 5.75 Å². The van der Waals surface area contributed by atoms with E-state index in [1.807, 2.05) is 6.92 Å². The highest BCUT2D eigenvalue weighted by Gasteiger charge is 2.38. The Morgan fingerprint density at radius 3 is 2.65 bits per heavy atom. The van der Waals surface area contributed by atoms with Gasteiger partial charge in [-0.25, -0.2) is 21.1 Å². The molecule has 0 bridgehead atoms. The maximum atomic E-state index is 13.5. The normalized spacial score (nSPS) is 25.3. The van der Waals surface area contributed by atoms with E-state index in [-0.39, 0.29) is 36.3 Å². The van der Waals surface area contributed by atoms with Crippen LogP contribution < -0.4 is 4.74 Å². The number of fused-ring (bicyclic) bond motifs is 1. The van der Waals surface area contributed by atoms with Crippen LogP contribution in [-0.4, -0.2) is 75.7 Å². The third-order valence-electron chi connectivity index (χ3n) is 6.08. The van der Waals surface area contributed by atoms with Crippen molar-refractivity contribution in [3.8, 4) is 5.75 Å². The molecule has 0 saturated carbocycles. The highest BCUT2D eigenvalue weighted by atomic mass is 32.2. The second kappa shape index (κ2) is 9.19. The number of aliphatic hydroxyl groups is 1. The average Bonchev–Trinajstić information content (AvgIpc) is 3.23. The predicted octanol–water partition coefficient (Wildman–Crippen LogP) is 1.91. The lowest BCUT2D eigenvalue weighted by Crippen LogP contribution is -2.50. The maximum absolute atomic E-state index is 13.5. The molecule has 1 aliphatic heterocycles. The third kappa shape index (κ3) is 5.14. The zero-order chi connectivity index (χ0) is 23.0. The molecule has 1 N–H and O–H groups in total. The van der Waals surface area contributed by atoms with Crippen LogP contribution in [0.1, 0.15) is 38.7 Å². The SMILES string of the molecule is C[C@H](CO)N1C[C@H](C)[C@H](CN(C)S(C)(=O)=O)Oc2cc(C3=CCCC3)ccc2S1(=O)=O. The largest absolute Gasteiger partial charge is 0.487 e. The van der Waals surface area contributed by atoms with Gasteiger partial charge in [0.1, 0.15) is 16.7 Å². The molecule has 3 rings (SSSR count). The lowest BCUT2D eigenvalue weighted by atomic mass is 10.0. The van der Waals surface area contributed by atoms with Gasteiger partial charge in [-0.3, -0.25) is 0 Å². The lowest BCUT2D eigenvalue weighted by Gasteiger charge is -2.37. The van der Waals surface area contributed by atoms with Crippen LogP contribution in [0.15, 0.2) is 29.2 Å². The Morgan fingerprint density at radius 1 is 1.35 bits per heavy atom. The topological polar surface area (TPSA) is 104 Å². The quantitative estimate of drug-likeness (QED) is 0.678. The Hall–Kier alpha value is -1.46. The first-order chi connectivity index (χ1) is 14.4. The van der Waals surface area contributed by atoms with Gasteiger partial charge in [-0.2, -0.15) is 4.31 Å². The second-order valence-electron chi connectivity index (χ2n) is 8.57. The van der Waals surface area contributed by atoms with E-state index in [0.29, 0.717) is 0 Å². The number of benzene rings is 1. The number of likely N-dealkylation sites (N-methyl/N-ethyl adjacent to an activating group) is 1. The van der Waals surface area contributed by atoms with Crippen molar-refractivity contribution in [3.63, 3.8) is 0 Å². The van der Waals surface area contributed by atoms with Crippen LogP contribution in [0.2, 0.25) is 0 Å². The molecule has 0 saturated heterocycles. The predicted molar refractivity (Wildman–Crippen MR) is 120 cm³/mol. The minimum absolute atomic E-state index is 0.0362. The number of sulfonamides is 2. The van der Waals surface area contributed by atoms with Crippen LogP contribution in [0.3, 0.4) is 0 Å². The van der Waals surface area contributed by atoms with Crippen molar-refractivity contribution in [2.45, 2.75) is 50.2 Å². The fourth-order valence-corrected chi connectivity index (χ4v) is 6.21. The van der Waals surface area contributed by atoms with E-state index in [9.17, 15) is 21.9 Å². The smallest absolute Gasteiger partial charge is 0.247 e. The lowest BCUT2D eigenvalue weighted by molar-refractivity contribution is 0.0905. The van der Waals surface area contributed by atoms with Crippen molar-refractivity contribution in [2.75, 3.05) is 33.0 Å². The zero-order valence-electron chi connectivity index (χ0n) is 18.5. The van der Waals surface area contributed by atoms with Gasteiger partial charge in [0.15, 0.2) is 0 Å². The van der Waals surface area contributed by atoms with E-state index in [1.54, 1.807) is 25.1 Å². The van der Waals surface area contributed by atoms with Crippen LogP contribution in [0.25, 0.3) is 5.57 Å². The van der Waals surface area contributed by atoms with E-state index in [0.717, 1.165) is 36.7 Å². The van der Waals surface area contributed by atoms with E-state index in [4.69, 9.17) is 4.74 Å². The standard InChI is InChI=1S/C21H32N2O6S2/c1-15-12-23(16(2)14-24)31(27,28)21-10-9-18(17-7-5-6-8-17)11-19(21)29-20(15)13-22(3)30(4,25)26/h7,9-11,15-16,20,24H,5-6,8,12-14H2,1-4H3/t15-,16+,20-/m0/s1. The molecule has 10 heteroatoms. The molecule has 0 radical (unpaired) electrons. The summed E-state index contributed by atoms with van der Waals surface area (Å²) >= 11 is 0. The third-order valence-corrected chi connectivity index (χ3v) is 9.38. The molecule has 1 heterocycles. The maximum Gasteiger partial charge on any atom is 0.247 e. The molecule has 3 atom stereocenters. The number of allylic oxidation sites excluding steroid dienone is 2. The Morgan fingerprint density at radius 2 is 2.06 bits per heavy atom. The van der Waals surface area contributed by atoms with E-state index in [2.05, 4.69) is 6.08 Å². The average molecular weight is 473 g/mol. The minimum atomic E-state index is -3.91. The van der Waals surface area contributed by atoms with Gasteiger partial charge in [0.2, 0.25) is 20.0 Å². The van der Waals surface area contributed by atoms with E-state index in [1.165, 1.54) is 15.7 Å². The van der Waals surface area contributed by atoms with Gasteiger partial charge in [0.25, 0.3) is 0 Å². The summed E-state index contributed by atoms with van der Waals surface area (Å²) in [5, 5.41) is 9.69. The van der Waals surface area contributed by atoms with Gasteiger partial charge in [0.05, 0.1) is 19.4 Å². The molecule has 0 unspecified atom stereocenters. The monoisotopic (exact) mass is 472 g/mol. The van der Waals surface area contributed by atoms with Crippen molar-refractivity contribution in [1.82, 2.24) is 8.61 Å². The summed E-state index contributed by atoms with van der Waals surface area (Å²) in [5.41, 5.74) is 2.07. The van der Waals surface area contributed by atoms with Crippen LogP contribution >= 0.6 is 0 Å². The Labute approximate surface area is 185 Å². The van der Waals surface area contributed by atoms with Gasteiger partial charge in [0, 0.05) is 25.6 Å². The molecule has 1 aromatic carbocycles. The van der Waals surface area contributed by atoms with Crippen molar-refractivity contribution in [1.29, 1.82) is 0 Å². The fourth-order valence-electron chi connectivity index (χ4n) is 3.97. The Kier molecular flexibility index (Phi) is 7.17. The highest BCUT2D eigenvalue weighted by molar-refractivity contribution is 7.89. The number of hydrogen-bond acceptors (Lipinski definition) is 6. The molecular formula is C21H32N2O6S2. The first kappa shape index (κ1) is 24.2. The Balaban J connectivity index is 2.10. The van der Waals surface area contributed by atoms with Gasteiger partial charge in [-0.1, -0.05) is 19.1 Å². The number of nitrogens with zero attached hydrogens (tertiary/aromatic N) is 2. The van der Waals surface area contributed by atoms with Crippen molar-refractivity contribution >= 4 is 25.6 Å². The number of ether oxygens (including phenoxy) is 1. The summed E-state index contributed by atoms with van der Waals surface area (Å²) in [4.78, 5) is 0.0362. The summed E-state index contributed by atoms with van der Waals surface area (Å²) in [7, 11) is -5.86. The van der Waals surface area contributed by atoms with Crippen LogP contribution in [0.4, 0.5) is 0 Å². The second-order valence-corrected chi connectivity index (χ2v) is 12.5. The number of aliphatic hydroxyl groups excluding tert-OH is 1. The molecule has 1 aliphatic carbocycles. The zero-order valence-corrected chi connectivity index (χ0v) is 20.1. The van der Waals surface area contributed by atoms with Gasteiger partial charge in [-0.05, 0) is 49.5 Å². The number of hydrogen-bond donors (Lipinski definition) is 1. The molecule has 0 spiro atoms. The molecule has 1 aromatic rings. The van der Waals surface area contributed by atoms with E-state index >= 15 is 0 Å². The molecule has 174 valence electrons. The summed E-state index contributed by atoms with van der Waals surface area (Å²) in [6, 6.07) is 4.48. The summed E-state index contributed by atoms with van der Waals surface area (Å²) in [6.07, 6.45) is 5.70. The number of rotatable bonds is 6. The molecule has 0 fully saturated rings. The van der Waals surface area contributed by atoms with E-state index < -0.39 is 32.2 Å². The first-order valence-electron chi connectivity index (χ1n) is 10.5.